The maximum Gasteiger partial charge on any atom is 0.270 e. The number of hydrogen-bond acceptors (Lipinski definition) is 3. The van der Waals surface area contributed by atoms with Crippen molar-refractivity contribution in [3.8, 4) is 11.1 Å². The molecule has 0 radical (unpaired) electrons. The average molecular weight is 414 g/mol. The van der Waals surface area contributed by atoms with Crippen LogP contribution in [0.1, 0.15) is 10.5 Å². The Balaban J connectivity index is 1.40. The minimum absolute atomic E-state index is 0.0560. The van der Waals surface area contributed by atoms with Crippen LogP contribution >= 0.6 is 0 Å². The zero-order valence-electron chi connectivity index (χ0n) is 17.3. The van der Waals surface area contributed by atoms with E-state index in [9.17, 15) is 9.18 Å². The molecule has 6 heteroatoms. The zero-order valence-corrected chi connectivity index (χ0v) is 17.3. The van der Waals surface area contributed by atoms with Crippen molar-refractivity contribution >= 4 is 22.6 Å². The summed E-state index contributed by atoms with van der Waals surface area (Å²) in [5, 5.41) is 0.974. The van der Waals surface area contributed by atoms with Crippen LogP contribution in [0.2, 0.25) is 0 Å². The van der Waals surface area contributed by atoms with Gasteiger partial charge in [0.2, 0.25) is 0 Å². The number of fused-ring (bicyclic) bond motifs is 1. The summed E-state index contributed by atoms with van der Waals surface area (Å²) in [6, 6.07) is 20.4. The lowest BCUT2D eigenvalue weighted by molar-refractivity contribution is 0.0737. The number of para-hydroxylation sites is 1. The summed E-state index contributed by atoms with van der Waals surface area (Å²) in [6.45, 7) is 2.68. The van der Waals surface area contributed by atoms with E-state index in [1.54, 1.807) is 12.1 Å². The summed E-state index contributed by atoms with van der Waals surface area (Å²) >= 11 is 0. The molecule has 5 nitrogen and oxygen atoms in total. The highest BCUT2D eigenvalue weighted by Crippen LogP contribution is 2.31. The molecule has 0 unspecified atom stereocenters. The number of aryl methyl sites for hydroxylation is 1. The first-order valence-corrected chi connectivity index (χ1v) is 10.4. The number of hydrogen-bond donors (Lipinski definition) is 0. The summed E-state index contributed by atoms with van der Waals surface area (Å²) in [5.74, 6) is 0.651. The van der Waals surface area contributed by atoms with Crippen molar-refractivity contribution in [2.24, 2.45) is 7.05 Å². The fraction of sp³-hybridized carbons (Fsp3) is 0.200. The molecular weight excluding hydrogens is 391 g/mol. The Labute approximate surface area is 180 Å². The Morgan fingerprint density at radius 2 is 1.65 bits per heavy atom. The first kappa shape index (κ1) is 19.3. The van der Waals surface area contributed by atoms with Gasteiger partial charge < -0.3 is 14.4 Å². The molecule has 4 aromatic rings. The molecule has 0 bridgehead atoms. The molecule has 0 spiro atoms. The topological polar surface area (TPSA) is 41.4 Å². The number of pyridine rings is 1. The number of carbonyl (C=O) groups is 1. The van der Waals surface area contributed by atoms with E-state index in [0.29, 0.717) is 37.4 Å². The van der Waals surface area contributed by atoms with Crippen LogP contribution in [-0.4, -0.2) is 46.5 Å². The normalized spacial score (nSPS) is 14.3. The van der Waals surface area contributed by atoms with Gasteiger partial charge in [-0.2, -0.15) is 0 Å². The molecule has 0 N–H and O–H groups in total. The molecular formula is C25H23FN4O. The van der Waals surface area contributed by atoms with Gasteiger partial charge in [0.05, 0.1) is 5.52 Å². The largest absolute Gasteiger partial charge is 0.353 e. The number of halogens is 1. The van der Waals surface area contributed by atoms with Gasteiger partial charge in [0.15, 0.2) is 0 Å². The molecule has 0 saturated carbocycles. The van der Waals surface area contributed by atoms with Crippen LogP contribution < -0.4 is 4.90 Å². The van der Waals surface area contributed by atoms with Gasteiger partial charge in [0.1, 0.15) is 17.3 Å². The number of anilines is 1. The number of rotatable bonds is 3. The smallest absolute Gasteiger partial charge is 0.270 e. The molecule has 1 aliphatic rings. The molecule has 156 valence electrons. The van der Waals surface area contributed by atoms with Crippen LogP contribution in [0.3, 0.4) is 0 Å². The lowest BCUT2D eigenvalue weighted by Crippen LogP contribution is -2.49. The van der Waals surface area contributed by atoms with E-state index < -0.39 is 0 Å². The van der Waals surface area contributed by atoms with Crippen molar-refractivity contribution in [2.45, 2.75) is 0 Å². The molecule has 3 heterocycles. The number of amides is 1. The van der Waals surface area contributed by atoms with Crippen LogP contribution in [-0.2, 0) is 7.05 Å². The number of carbonyl (C=O) groups excluding carboxylic acids is 1. The summed E-state index contributed by atoms with van der Waals surface area (Å²) in [4.78, 5) is 21.7. The van der Waals surface area contributed by atoms with Gasteiger partial charge in [-0.3, -0.25) is 4.79 Å². The monoisotopic (exact) mass is 414 g/mol. The van der Waals surface area contributed by atoms with Gasteiger partial charge in [0, 0.05) is 55.9 Å². The standard InChI is InChI=1S/C25H23FN4O/c1-28-13-5-10-22(28)25(31)30-16-14-29(15-17-30)23-12-11-18-6-4-8-20(24(18)27-23)19-7-2-3-9-21(19)26/h2-13H,14-17H2,1H3. The third-order valence-electron chi connectivity index (χ3n) is 5.92. The molecule has 2 aromatic carbocycles. The summed E-state index contributed by atoms with van der Waals surface area (Å²) in [7, 11) is 1.88. The molecule has 0 aliphatic carbocycles. The SMILES string of the molecule is Cn1cccc1C(=O)N1CCN(c2ccc3cccc(-c4ccccc4F)c3n2)CC1. The first-order chi connectivity index (χ1) is 15.1. The van der Waals surface area contributed by atoms with Crippen LogP contribution in [0.4, 0.5) is 10.2 Å². The van der Waals surface area contributed by atoms with Gasteiger partial charge in [0.25, 0.3) is 5.91 Å². The molecule has 31 heavy (non-hydrogen) atoms. The summed E-state index contributed by atoms with van der Waals surface area (Å²) < 4.78 is 16.3. The predicted octanol–water partition coefficient (Wildman–Crippen LogP) is 4.34. The second-order valence-electron chi connectivity index (χ2n) is 7.81. The zero-order chi connectivity index (χ0) is 21.4. The molecule has 1 aliphatic heterocycles. The minimum Gasteiger partial charge on any atom is -0.353 e. The van der Waals surface area contributed by atoms with E-state index in [2.05, 4.69) is 4.90 Å². The summed E-state index contributed by atoms with van der Waals surface area (Å²) in [5.41, 5.74) is 2.82. The fourth-order valence-electron chi connectivity index (χ4n) is 4.19. The van der Waals surface area contributed by atoms with Crippen molar-refractivity contribution in [3.63, 3.8) is 0 Å². The van der Waals surface area contributed by atoms with Crippen LogP contribution in [0.15, 0.2) is 72.9 Å². The van der Waals surface area contributed by atoms with E-state index in [1.165, 1.54) is 6.07 Å². The van der Waals surface area contributed by atoms with E-state index in [1.807, 2.05) is 71.2 Å². The molecule has 1 saturated heterocycles. The lowest BCUT2D eigenvalue weighted by atomic mass is 10.0. The van der Waals surface area contributed by atoms with Crippen LogP contribution in [0, 0.1) is 5.82 Å². The minimum atomic E-state index is -0.255. The molecule has 5 rings (SSSR count). The van der Waals surface area contributed by atoms with Crippen molar-refractivity contribution in [3.05, 3.63) is 84.4 Å². The Hall–Kier alpha value is -3.67. The highest BCUT2D eigenvalue weighted by Gasteiger charge is 2.24. The molecule has 1 fully saturated rings. The van der Waals surface area contributed by atoms with Crippen molar-refractivity contribution in [1.82, 2.24) is 14.5 Å². The van der Waals surface area contributed by atoms with E-state index >= 15 is 0 Å². The third-order valence-corrected chi connectivity index (χ3v) is 5.92. The van der Waals surface area contributed by atoms with Gasteiger partial charge in [-0.15, -0.1) is 0 Å². The van der Waals surface area contributed by atoms with Crippen molar-refractivity contribution in [1.29, 1.82) is 0 Å². The van der Waals surface area contributed by atoms with E-state index in [4.69, 9.17) is 4.98 Å². The second kappa shape index (κ2) is 7.87. The van der Waals surface area contributed by atoms with Gasteiger partial charge in [-0.25, -0.2) is 9.37 Å². The number of piperazine rings is 1. The van der Waals surface area contributed by atoms with Crippen molar-refractivity contribution in [2.75, 3.05) is 31.1 Å². The Bertz CT molecular complexity index is 1260. The predicted molar refractivity (Wildman–Crippen MR) is 121 cm³/mol. The van der Waals surface area contributed by atoms with Crippen molar-refractivity contribution < 1.29 is 9.18 Å². The maximum absolute atomic E-state index is 14.4. The van der Waals surface area contributed by atoms with E-state index in [0.717, 1.165) is 22.3 Å². The number of nitrogens with zero attached hydrogens (tertiary/aromatic N) is 4. The fourth-order valence-corrected chi connectivity index (χ4v) is 4.19. The Morgan fingerprint density at radius 1 is 0.871 bits per heavy atom. The lowest BCUT2D eigenvalue weighted by Gasteiger charge is -2.35. The molecule has 0 atom stereocenters. The number of benzene rings is 2. The quantitative estimate of drug-likeness (QED) is 0.501. The third kappa shape index (κ3) is 3.54. The van der Waals surface area contributed by atoms with E-state index in [-0.39, 0.29) is 11.7 Å². The molecule has 2 aromatic heterocycles. The number of aromatic nitrogens is 2. The highest BCUT2D eigenvalue weighted by atomic mass is 19.1. The van der Waals surface area contributed by atoms with Gasteiger partial charge in [-0.1, -0.05) is 36.4 Å². The van der Waals surface area contributed by atoms with Gasteiger partial charge >= 0.3 is 0 Å². The Kier molecular flexibility index (Phi) is 4.90. The first-order valence-electron chi connectivity index (χ1n) is 10.4. The van der Waals surface area contributed by atoms with Crippen LogP contribution in [0.25, 0.3) is 22.0 Å². The highest BCUT2D eigenvalue weighted by molar-refractivity contribution is 5.95. The van der Waals surface area contributed by atoms with Crippen LogP contribution in [0.5, 0.6) is 0 Å². The Morgan fingerprint density at radius 3 is 2.39 bits per heavy atom. The maximum atomic E-state index is 14.4. The molecule has 1 amide bonds. The van der Waals surface area contributed by atoms with Gasteiger partial charge in [-0.05, 0) is 30.3 Å². The average Bonchev–Trinajstić information content (AvgIpc) is 3.24. The summed E-state index contributed by atoms with van der Waals surface area (Å²) in [6.07, 6.45) is 1.88. The second-order valence-corrected chi connectivity index (χ2v) is 7.81.